The molecular formula is C23H26O4. The predicted octanol–water partition coefficient (Wildman–Crippen LogP) is 4.21. The Labute approximate surface area is 160 Å². The molecule has 4 nitrogen and oxygen atoms in total. The van der Waals surface area contributed by atoms with Gasteiger partial charge in [0, 0.05) is 17.5 Å². The first-order valence-electron chi connectivity index (χ1n) is 9.18. The first-order chi connectivity index (χ1) is 12.7. The summed E-state index contributed by atoms with van der Waals surface area (Å²) in [4.78, 5) is 13.0. The molecule has 4 heteroatoms. The lowest BCUT2D eigenvalue weighted by molar-refractivity contribution is -0.0232. The van der Waals surface area contributed by atoms with Crippen molar-refractivity contribution in [1.29, 1.82) is 0 Å². The van der Waals surface area contributed by atoms with Crippen molar-refractivity contribution in [1.82, 2.24) is 0 Å². The van der Waals surface area contributed by atoms with Gasteiger partial charge in [-0.3, -0.25) is 4.79 Å². The van der Waals surface area contributed by atoms with Gasteiger partial charge < -0.3 is 14.9 Å². The quantitative estimate of drug-likeness (QED) is 0.615. The zero-order valence-electron chi connectivity index (χ0n) is 16.2. The monoisotopic (exact) mass is 366 g/mol. The van der Waals surface area contributed by atoms with Crippen molar-refractivity contribution in [3.63, 3.8) is 0 Å². The van der Waals surface area contributed by atoms with E-state index in [1.54, 1.807) is 44.2 Å². The number of hydrogen-bond donors (Lipinski definition) is 2. The highest BCUT2D eigenvalue weighted by atomic mass is 16.5. The van der Waals surface area contributed by atoms with Gasteiger partial charge >= 0.3 is 0 Å². The fraction of sp³-hybridized carbons (Fsp3) is 0.348. The number of aromatic hydroxyl groups is 1. The van der Waals surface area contributed by atoms with Crippen molar-refractivity contribution in [2.24, 2.45) is 0 Å². The van der Waals surface area contributed by atoms with Crippen LogP contribution in [-0.2, 0) is 12.8 Å². The highest BCUT2D eigenvalue weighted by molar-refractivity contribution is 6.11. The average Bonchev–Trinajstić information content (AvgIpc) is 3.04. The molecule has 0 fully saturated rings. The molecule has 27 heavy (non-hydrogen) atoms. The number of benzene rings is 2. The van der Waals surface area contributed by atoms with E-state index < -0.39 is 11.7 Å². The minimum Gasteiger partial charge on any atom is -0.507 e. The van der Waals surface area contributed by atoms with Gasteiger partial charge in [-0.15, -0.1) is 0 Å². The Morgan fingerprint density at radius 3 is 2.52 bits per heavy atom. The van der Waals surface area contributed by atoms with Crippen LogP contribution < -0.4 is 4.74 Å². The van der Waals surface area contributed by atoms with Crippen LogP contribution in [0.25, 0.3) is 0 Å². The maximum absolute atomic E-state index is 13.0. The summed E-state index contributed by atoms with van der Waals surface area (Å²) in [5.41, 5.74) is 2.33. The summed E-state index contributed by atoms with van der Waals surface area (Å²) in [7, 11) is 0. The van der Waals surface area contributed by atoms with E-state index in [0.717, 1.165) is 11.1 Å². The van der Waals surface area contributed by atoms with E-state index in [2.05, 4.69) is 0 Å². The third kappa shape index (κ3) is 3.91. The van der Waals surface area contributed by atoms with Crippen LogP contribution in [0.2, 0.25) is 0 Å². The third-order valence-electron chi connectivity index (χ3n) is 4.87. The van der Waals surface area contributed by atoms with E-state index in [0.29, 0.717) is 29.7 Å². The third-order valence-corrected chi connectivity index (χ3v) is 4.87. The molecule has 1 aliphatic rings. The summed E-state index contributed by atoms with van der Waals surface area (Å²) < 4.78 is 6.01. The second-order valence-electron chi connectivity index (χ2n) is 7.88. The molecule has 2 aromatic carbocycles. The first-order valence-corrected chi connectivity index (χ1v) is 9.18. The molecule has 0 aromatic heterocycles. The molecule has 2 N–H and O–H groups in total. The number of ether oxygens (including phenoxy) is 1. The van der Waals surface area contributed by atoms with Gasteiger partial charge in [0.05, 0.1) is 11.2 Å². The minimum absolute atomic E-state index is 0.0449. The van der Waals surface area contributed by atoms with Crippen molar-refractivity contribution in [3.8, 4) is 11.5 Å². The highest BCUT2D eigenvalue weighted by Crippen LogP contribution is 2.43. The second-order valence-corrected chi connectivity index (χ2v) is 7.88. The number of ketones is 1. The number of rotatable bonds is 5. The molecule has 1 heterocycles. The zero-order valence-corrected chi connectivity index (χ0v) is 16.2. The van der Waals surface area contributed by atoms with Crippen LogP contribution in [-0.4, -0.2) is 27.7 Å². The number of hydrogen-bond acceptors (Lipinski definition) is 4. The van der Waals surface area contributed by atoms with Crippen molar-refractivity contribution in [2.75, 3.05) is 0 Å². The molecule has 142 valence electrons. The number of phenols is 1. The molecule has 1 atom stereocenters. The van der Waals surface area contributed by atoms with E-state index in [4.69, 9.17) is 4.74 Å². The summed E-state index contributed by atoms with van der Waals surface area (Å²) in [6.45, 7) is 7.37. The zero-order chi connectivity index (χ0) is 19.8. The van der Waals surface area contributed by atoms with Crippen LogP contribution in [0.3, 0.4) is 0 Å². The van der Waals surface area contributed by atoms with Gasteiger partial charge in [0.2, 0.25) is 0 Å². The summed E-state index contributed by atoms with van der Waals surface area (Å²) in [5.74, 6) is 0.319. The van der Waals surface area contributed by atoms with Crippen LogP contribution in [0.1, 0.15) is 54.7 Å². The van der Waals surface area contributed by atoms with Crippen molar-refractivity contribution < 1.29 is 19.7 Å². The van der Waals surface area contributed by atoms with Crippen LogP contribution >= 0.6 is 0 Å². The summed E-state index contributed by atoms with van der Waals surface area (Å²) >= 11 is 0. The summed E-state index contributed by atoms with van der Waals surface area (Å²) in [5, 5.41) is 21.3. The standard InChI is InChI=1S/C23H26O4/c1-14(2)10-11-17-21(25)18(20(24)15-8-6-5-7-9-15)12-16-13-19(23(3,4)26)27-22(16)17/h5-10,12,19,25-26H,11,13H2,1-4H3. The smallest absolute Gasteiger partial charge is 0.196 e. The van der Waals surface area contributed by atoms with Gasteiger partial charge in [0.15, 0.2) is 5.78 Å². The lowest BCUT2D eigenvalue weighted by Crippen LogP contribution is -2.39. The van der Waals surface area contributed by atoms with E-state index in [1.165, 1.54) is 0 Å². The maximum Gasteiger partial charge on any atom is 0.196 e. The fourth-order valence-electron chi connectivity index (χ4n) is 3.26. The molecule has 0 spiro atoms. The van der Waals surface area contributed by atoms with E-state index in [9.17, 15) is 15.0 Å². The number of fused-ring (bicyclic) bond motifs is 1. The Hall–Kier alpha value is -2.59. The summed E-state index contributed by atoms with van der Waals surface area (Å²) in [6.07, 6.45) is 2.54. The van der Waals surface area contributed by atoms with Gasteiger partial charge in [-0.1, -0.05) is 42.0 Å². The molecule has 0 saturated heterocycles. The summed E-state index contributed by atoms with van der Waals surface area (Å²) in [6, 6.07) is 10.6. The van der Waals surface area contributed by atoms with Crippen LogP contribution in [0.4, 0.5) is 0 Å². The van der Waals surface area contributed by atoms with E-state index >= 15 is 0 Å². The van der Waals surface area contributed by atoms with Gasteiger partial charge in [-0.2, -0.15) is 0 Å². The number of carbonyl (C=O) groups excluding carboxylic acids is 1. The number of aliphatic hydroxyl groups is 1. The molecule has 0 amide bonds. The molecule has 3 rings (SSSR count). The molecule has 1 aliphatic heterocycles. The topological polar surface area (TPSA) is 66.8 Å². The Morgan fingerprint density at radius 1 is 1.26 bits per heavy atom. The van der Waals surface area contributed by atoms with Gasteiger partial charge in [0.1, 0.15) is 17.6 Å². The van der Waals surface area contributed by atoms with E-state index in [-0.39, 0.29) is 17.1 Å². The lowest BCUT2D eigenvalue weighted by Gasteiger charge is -2.25. The maximum atomic E-state index is 13.0. The Bertz CT molecular complexity index is 885. The van der Waals surface area contributed by atoms with Crippen molar-refractivity contribution >= 4 is 5.78 Å². The largest absolute Gasteiger partial charge is 0.507 e. The number of phenolic OH excluding ortho intramolecular Hbond substituents is 1. The molecule has 2 aromatic rings. The minimum atomic E-state index is -1.02. The SMILES string of the molecule is CC(C)=CCc1c(O)c(C(=O)c2ccccc2)cc2c1OC(C(C)(C)O)C2. The van der Waals surface area contributed by atoms with Crippen LogP contribution in [0.15, 0.2) is 48.0 Å². The van der Waals surface area contributed by atoms with Crippen molar-refractivity contribution in [2.45, 2.75) is 52.2 Å². The second kappa shape index (κ2) is 7.20. The molecule has 0 aliphatic carbocycles. The number of allylic oxidation sites excluding steroid dienone is 2. The molecule has 0 bridgehead atoms. The molecule has 0 saturated carbocycles. The lowest BCUT2D eigenvalue weighted by atomic mass is 9.92. The number of carbonyl (C=O) groups is 1. The predicted molar refractivity (Wildman–Crippen MR) is 106 cm³/mol. The first kappa shape index (κ1) is 19.2. The highest BCUT2D eigenvalue weighted by Gasteiger charge is 2.37. The fourth-order valence-corrected chi connectivity index (χ4v) is 3.26. The molecular weight excluding hydrogens is 340 g/mol. The molecule has 0 radical (unpaired) electrons. The Balaban J connectivity index is 2.11. The normalized spacial score (nSPS) is 15.8. The Morgan fingerprint density at radius 2 is 1.93 bits per heavy atom. The van der Waals surface area contributed by atoms with Gasteiger partial charge in [-0.25, -0.2) is 0 Å². The van der Waals surface area contributed by atoms with Crippen molar-refractivity contribution in [3.05, 3.63) is 70.3 Å². The van der Waals surface area contributed by atoms with Gasteiger partial charge in [0.25, 0.3) is 0 Å². The van der Waals surface area contributed by atoms with Crippen LogP contribution in [0.5, 0.6) is 11.5 Å². The average molecular weight is 366 g/mol. The molecule has 1 unspecified atom stereocenters. The van der Waals surface area contributed by atoms with E-state index in [1.807, 2.05) is 26.0 Å². The Kier molecular flexibility index (Phi) is 5.11. The van der Waals surface area contributed by atoms with Crippen LogP contribution in [0, 0.1) is 0 Å². The van der Waals surface area contributed by atoms with Gasteiger partial charge in [-0.05, 0) is 45.7 Å².